The fourth-order valence-electron chi connectivity index (χ4n) is 6.01. The zero-order valence-corrected chi connectivity index (χ0v) is 28.4. The van der Waals surface area contributed by atoms with E-state index in [-0.39, 0.29) is 10.8 Å². The number of halogens is 1. The molecule has 1 saturated carbocycles. The third-order valence-corrected chi connectivity index (χ3v) is 9.67. The van der Waals surface area contributed by atoms with Crippen LogP contribution in [0.15, 0.2) is 48.5 Å². The molecule has 216 valence electrons. The van der Waals surface area contributed by atoms with Gasteiger partial charge in [-0.25, -0.2) is 0 Å². The average molecular weight is 653 g/mol. The number of ether oxygens (including phenoxy) is 2. The summed E-state index contributed by atoms with van der Waals surface area (Å²) in [5, 5.41) is 0. The highest BCUT2D eigenvalue weighted by atomic mass is 127. The first-order valence-electron chi connectivity index (χ1n) is 15.0. The molecule has 3 aromatic rings. The van der Waals surface area contributed by atoms with Crippen molar-refractivity contribution in [3.8, 4) is 28.0 Å². The third kappa shape index (κ3) is 7.31. The van der Waals surface area contributed by atoms with E-state index in [9.17, 15) is 0 Å². The maximum atomic E-state index is 6.74. The fraction of sp³-hybridized carbons (Fsp3) is 0.514. The lowest BCUT2D eigenvalue weighted by Crippen LogP contribution is -2.28. The zero-order valence-electron chi connectivity index (χ0n) is 26.2. The third-order valence-electron chi connectivity index (χ3n) is 8.51. The fourth-order valence-corrected chi connectivity index (χ4v) is 6.93. The minimum absolute atomic E-state index is 0.0520. The molecule has 2 unspecified atom stereocenters. The molecule has 3 aromatic carbocycles. The minimum atomic E-state index is 0.0520. The molecular weight excluding hydrogens is 603 g/mol. The molecule has 0 bridgehead atoms. The van der Waals surface area contributed by atoms with Crippen molar-refractivity contribution in [2.24, 2.45) is 11.8 Å². The molecule has 0 aliphatic heterocycles. The number of benzene rings is 3. The Morgan fingerprint density at radius 1 is 0.700 bits per heavy atom. The Morgan fingerprint density at radius 3 is 1.93 bits per heavy atom. The predicted octanol–water partition coefficient (Wildman–Crippen LogP) is 10.7. The molecule has 1 aliphatic rings. The molecule has 0 aromatic heterocycles. The van der Waals surface area contributed by atoms with Gasteiger partial charge >= 0.3 is 0 Å². The summed E-state index contributed by atoms with van der Waals surface area (Å²) in [4.78, 5) is 0. The quantitative estimate of drug-likeness (QED) is 0.237. The molecule has 0 radical (unpaired) electrons. The molecule has 0 heterocycles. The van der Waals surface area contributed by atoms with Crippen molar-refractivity contribution in [3.63, 3.8) is 0 Å². The summed E-state index contributed by atoms with van der Waals surface area (Å²) in [5.41, 5.74) is 10.5. The van der Waals surface area contributed by atoms with Gasteiger partial charge in [0.25, 0.3) is 0 Å². The summed E-state index contributed by atoms with van der Waals surface area (Å²) in [7, 11) is 1.83. The van der Waals surface area contributed by atoms with Crippen LogP contribution >= 0.6 is 22.6 Å². The van der Waals surface area contributed by atoms with Crippen LogP contribution in [0.3, 0.4) is 0 Å². The molecule has 1 aliphatic carbocycles. The number of hydrogen-bond acceptors (Lipinski definition) is 2. The molecule has 2 atom stereocenters. The van der Waals surface area contributed by atoms with Gasteiger partial charge in [0.2, 0.25) is 0 Å². The van der Waals surface area contributed by atoms with E-state index in [1.807, 2.05) is 7.11 Å². The van der Waals surface area contributed by atoms with Crippen molar-refractivity contribution in [1.82, 2.24) is 0 Å². The van der Waals surface area contributed by atoms with Gasteiger partial charge in [-0.15, -0.1) is 0 Å². The van der Waals surface area contributed by atoms with E-state index >= 15 is 0 Å². The first kappa shape index (κ1) is 31.1. The highest BCUT2D eigenvalue weighted by Crippen LogP contribution is 2.42. The smallest absolute Gasteiger partial charge is 0.127 e. The summed E-state index contributed by atoms with van der Waals surface area (Å²) in [6, 6.07) is 18.6. The SMILES string of the molecule is COCC1CCCCC1COc1ccc(C(C)(C)C)cc1-c1cc(C)cc(-c2cc(C)cc(C(C)(C)C)c2)c1I. The van der Waals surface area contributed by atoms with Gasteiger partial charge in [0.1, 0.15) is 5.75 Å². The first-order chi connectivity index (χ1) is 18.8. The molecule has 0 amide bonds. The lowest BCUT2D eigenvalue weighted by Gasteiger charge is -2.31. The van der Waals surface area contributed by atoms with Crippen LogP contribution in [0.25, 0.3) is 22.3 Å². The molecule has 2 nitrogen and oxygen atoms in total. The number of rotatable bonds is 7. The maximum Gasteiger partial charge on any atom is 0.127 e. The topological polar surface area (TPSA) is 18.5 Å². The van der Waals surface area contributed by atoms with Gasteiger partial charge in [-0.3, -0.25) is 0 Å². The highest BCUT2D eigenvalue weighted by Gasteiger charge is 2.27. The van der Waals surface area contributed by atoms with E-state index in [0.29, 0.717) is 11.8 Å². The maximum absolute atomic E-state index is 6.74. The molecule has 1 fully saturated rings. The summed E-state index contributed by atoms with van der Waals surface area (Å²) in [6.07, 6.45) is 5.05. The van der Waals surface area contributed by atoms with Gasteiger partial charge in [-0.05, 0) is 117 Å². The standard InChI is InChI=1S/C37H49IO2/c1-24-16-28(20-30(17-24)37(6,7)8)31-18-25(2)19-33(35(31)38)32-21-29(36(3,4)5)14-15-34(32)40-23-27-13-11-10-12-26(27)22-39-9/h14-21,26-27H,10-13,22-23H2,1-9H3. The van der Waals surface area contributed by atoms with Crippen molar-refractivity contribution < 1.29 is 9.47 Å². The van der Waals surface area contributed by atoms with Gasteiger partial charge in [-0.1, -0.05) is 96.3 Å². The van der Waals surface area contributed by atoms with Gasteiger partial charge in [0.15, 0.2) is 0 Å². The Labute approximate surface area is 257 Å². The zero-order chi connectivity index (χ0) is 29.2. The molecule has 0 N–H and O–H groups in total. The van der Waals surface area contributed by atoms with Crippen LogP contribution in [0.2, 0.25) is 0 Å². The van der Waals surface area contributed by atoms with E-state index in [4.69, 9.17) is 9.47 Å². The van der Waals surface area contributed by atoms with E-state index in [1.165, 1.54) is 73.8 Å². The van der Waals surface area contributed by atoms with Gasteiger partial charge in [-0.2, -0.15) is 0 Å². The Bertz CT molecular complexity index is 1320. The average Bonchev–Trinajstić information content (AvgIpc) is 2.88. The summed E-state index contributed by atoms with van der Waals surface area (Å²) in [6.45, 7) is 19.8. The lowest BCUT2D eigenvalue weighted by atomic mass is 9.80. The Hall–Kier alpha value is -1.85. The van der Waals surface area contributed by atoms with Crippen LogP contribution in [0, 0.1) is 29.3 Å². The van der Waals surface area contributed by atoms with E-state index in [0.717, 1.165) is 19.0 Å². The van der Waals surface area contributed by atoms with Crippen molar-refractivity contribution >= 4 is 22.6 Å². The number of aryl methyl sites for hydroxylation is 2. The molecule has 3 heteroatoms. The van der Waals surface area contributed by atoms with Crippen LogP contribution < -0.4 is 4.74 Å². The predicted molar refractivity (Wildman–Crippen MR) is 180 cm³/mol. The van der Waals surface area contributed by atoms with Crippen molar-refractivity contribution in [2.75, 3.05) is 20.3 Å². The summed E-state index contributed by atoms with van der Waals surface area (Å²) >= 11 is 2.57. The molecular formula is C37H49IO2. The molecule has 40 heavy (non-hydrogen) atoms. The van der Waals surface area contributed by atoms with Crippen molar-refractivity contribution in [2.45, 2.75) is 91.9 Å². The van der Waals surface area contributed by atoms with E-state index < -0.39 is 0 Å². The largest absolute Gasteiger partial charge is 0.493 e. The molecule has 0 saturated heterocycles. The monoisotopic (exact) mass is 652 g/mol. The van der Waals surface area contributed by atoms with Crippen LogP contribution in [0.4, 0.5) is 0 Å². The second kappa shape index (κ2) is 12.6. The van der Waals surface area contributed by atoms with Crippen molar-refractivity contribution in [3.05, 3.63) is 74.4 Å². The highest BCUT2D eigenvalue weighted by molar-refractivity contribution is 14.1. The lowest BCUT2D eigenvalue weighted by molar-refractivity contribution is 0.0694. The van der Waals surface area contributed by atoms with E-state index in [2.05, 4.69) is 127 Å². The van der Waals surface area contributed by atoms with Crippen LogP contribution in [-0.2, 0) is 15.6 Å². The Morgan fingerprint density at radius 2 is 1.30 bits per heavy atom. The Balaban J connectivity index is 1.81. The second-order valence-corrected chi connectivity index (χ2v) is 15.1. The van der Waals surface area contributed by atoms with Gasteiger partial charge < -0.3 is 9.47 Å². The van der Waals surface area contributed by atoms with Crippen molar-refractivity contribution in [1.29, 1.82) is 0 Å². The van der Waals surface area contributed by atoms with Gasteiger partial charge in [0.05, 0.1) is 6.61 Å². The van der Waals surface area contributed by atoms with Gasteiger partial charge in [0, 0.05) is 22.9 Å². The van der Waals surface area contributed by atoms with E-state index in [1.54, 1.807) is 0 Å². The molecule has 0 spiro atoms. The van der Waals surface area contributed by atoms with Crippen LogP contribution in [-0.4, -0.2) is 20.3 Å². The second-order valence-electron chi connectivity index (χ2n) is 14.0. The summed E-state index contributed by atoms with van der Waals surface area (Å²) < 4.78 is 13.6. The minimum Gasteiger partial charge on any atom is -0.493 e. The number of hydrogen-bond donors (Lipinski definition) is 0. The van der Waals surface area contributed by atoms with Crippen LogP contribution in [0.1, 0.15) is 89.5 Å². The number of methoxy groups -OCH3 is 1. The first-order valence-corrected chi connectivity index (χ1v) is 16.0. The Kier molecular flexibility index (Phi) is 9.77. The summed E-state index contributed by atoms with van der Waals surface area (Å²) in [5.74, 6) is 2.11. The normalized spacial score (nSPS) is 18.1. The molecule has 4 rings (SSSR count). The van der Waals surface area contributed by atoms with Crippen LogP contribution in [0.5, 0.6) is 5.75 Å².